The lowest BCUT2D eigenvalue weighted by atomic mass is 10.2. The van der Waals surface area contributed by atoms with Crippen molar-refractivity contribution in [3.63, 3.8) is 0 Å². The van der Waals surface area contributed by atoms with Crippen molar-refractivity contribution in [2.75, 3.05) is 37.7 Å². The van der Waals surface area contributed by atoms with Crippen LogP contribution in [-0.4, -0.2) is 53.8 Å². The van der Waals surface area contributed by atoms with Crippen LogP contribution in [0.25, 0.3) is 0 Å². The molecular weight excluding hydrogens is 308 g/mol. The van der Waals surface area contributed by atoms with Gasteiger partial charge in [-0.1, -0.05) is 18.2 Å². The first-order valence-electron chi connectivity index (χ1n) is 8.23. The van der Waals surface area contributed by atoms with E-state index >= 15 is 0 Å². The predicted molar refractivity (Wildman–Crippen MR) is 86.7 cm³/mol. The van der Waals surface area contributed by atoms with Crippen LogP contribution >= 0.6 is 0 Å². The molecule has 1 aromatic heterocycles. The number of aryl methyl sites for hydroxylation is 1. The lowest BCUT2D eigenvalue weighted by Crippen LogP contribution is -2.46. The Bertz CT molecular complexity index is 745. The van der Waals surface area contributed by atoms with E-state index in [9.17, 15) is 4.79 Å². The number of benzene rings is 1. The fourth-order valence-corrected chi connectivity index (χ4v) is 3.30. The number of amides is 1. The number of carbonyl (C=O) groups excluding carboxylic acids is 1. The van der Waals surface area contributed by atoms with Crippen LogP contribution in [0, 0.1) is 6.92 Å². The maximum absolute atomic E-state index is 12.7. The molecule has 1 amide bonds. The normalized spacial score (nSPS) is 20.3. The molecule has 1 atom stereocenters. The summed E-state index contributed by atoms with van der Waals surface area (Å²) < 4.78 is 11.1. The van der Waals surface area contributed by atoms with E-state index in [1.165, 1.54) is 11.3 Å². The van der Waals surface area contributed by atoms with Crippen LogP contribution in [0.4, 0.5) is 5.69 Å². The van der Waals surface area contributed by atoms with Crippen LogP contribution < -0.4 is 4.90 Å². The second-order valence-corrected chi connectivity index (χ2v) is 6.16. The molecule has 0 N–H and O–H groups in total. The van der Waals surface area contributed by atoms with Gasteiger partial charge in [-0.25, -0.2) is 0 Å². The molecule has 0 spiro atoms. The molecule has 24 heavy (non-hydrogen) atoms. The van der Waals surface area contributed by atoms with E-state index in [0.717, 1.165) is 13.0 Å². The second kappa shape index (κ2) is 6.24. The van der Waals surface area contributed by atoms with Gasteiger partial charge in [-0.2, -0.15) is 0 Å². The van der Waals surface area contributed by atoms with E-state index in [1.54, 1.807) is 6.92 Å². The van der Waals surface area contributed by atoms with Crippen LogP contribution in [0.3, 0.4) is 0 Å². The molecule has 0 bridgehead atoms. The fraction of sp³-hybridized carbons (Fsp3) is 0.471. The zero-order valence-corrected chi connectivity index (χ0v) is 13.6. The third-order valence-electron chi connectivity index (χ3n) is 4.55. The Morgan fingerprint density at radius 2 is 2.17 bits per heavy atom. The molecule has 1 fully saturated rings. The lowest BCUT2D eigenvalue weighted by molar-refractivity contribution is -0.138. The number of para-hydroxylation sites is 1. The molecular formula is C17H20N4O3. The van der Waals surface area contributed by atoms with Crippen LogP contribution in [0.2, 0.25) is 0 Å². The highest BCUT2D eigenvalue weighted by molar-refractivity contribution is 5.82. The van der Waals surface area contributed by atoms with E-state index in [1.807, 2.05) is 17.0 Å². The third-order valence-corrected chi connectivity index (χ3v) is 4.55. The van der Waals surface area contributed by atoms with E-state index in [4.69, 9.17) is 9.15 Å². The summed E-state index contributed by atoms with van der Waals surface area (Å²) in [6.45, 7) is 4.56. The first kappa shape index (κ1) is 15.1. The minimum atomic E-state index is -0.338. The standard InChI is InChI=1S/C17H20N4O3/c1-12-18-19-17(24-12)15-10-21(8-9-23-15)16(22)11-20-7-6-13-4-2-3-5-14(13)20/h2-5,15H,6-11H2,1H3/t15-/m0/s1. The van der Waals surface area contributed by atoms with Crippen molar-refractivity contribution in [3.05, 3.63) is 41.6 Å². The number of fused-ring (bicyclic) bond motifs is 1. The molecule has 126 valence electrons. The molecule has 7 heteroatoms. The predicted octanol–water partition coefficient (Wildman–Crippen LogP) is 1.34. The summed E-state index contributed by atoms with van der Waals surface area (Å²) in [6, 6.07) is 8.27. The largest absolute Gasteiger partial charge is 0.423 e. The quantitative estimate of drug-likeness (QED) is 0.847. The average molecular weight is 328 g/mol. The molecule has 7 nitrogen and oxygen atoms in total. The fourth-order valence-electron chi connectivity index (χ4n) is 3.30. The van der Waals surface area contributed by atoms with Crippen molar-refractivity contribution >= 4 is 11.6 Å². The van der Waals surface area contributed by atoms with Gasteiger partial charge in [0.05, 0.1) is 19.7 Å². The first-order chi connectivity index (χ1) is 11.7. The Balaban J connectivity index is 1.41. The Morgan fingerprint density at radius 3 is 3.00 bits per heavy atom. The summed E-state index contributed by atoms with van der Waals surface area (Å²) in [6.07, 6.45) is 0.658. The van der Waals surface area contributed by atoms with Gasteiger partial charge in [-0.05, 0) is 18.1 Å². The van der Waals surface area contributed by atoms with Crippen LogP contribution in [0.15, 0.2) is 28.7 Å². The summed E-state index contributed by atoms with van der Waals surface area (Å²) in [7, 11) is 0. The van der Waals surface area contributed by atoms with Crippen molar-refractivity contribution < 1.29 is 13.9 Å². The SMILES string of the molecule is Cc1nnc([C@@H]2CN(C(=O)CN3CCc4ccccc43)CCO2)o1. The molecule has 0 unspecified atom stereocenters. The number of anilines is 1. The van der Waals surface area contributed by atoms with Gasteiger partial charge in [-0.3, -0.25) is 4.79 Å². The van der Waals surface area contributed by atoms with Gasteiger partial charge in [-0.15, -0.1) is 10.2 Å². The Labute approximate surface area is 140 Å². The van der Waals surface area contributed by atoms with Crippen molar-refractivity contribution in [1.82, 2.24) is 15.1 Å². The summed E-state index contributed by atoms with van der Waals surface area (Å²) in [5.74, 6) is 1.05. The number of carbonyl (C=O) groups is 1. The monoisotopic (exact) mass is 328 g/mol. The number of hydrogen-bond acceptors (Lipinski definition) is 6. The Hall–Kier alpha value is -2.41. The van der Waals surface area contributed by atoms with Gasteiger partial charge in [0.25, 0.3) is 0 Å². The molecule has 1 aromatic carbocycles. The molecule has 2 aliphatic rings. The summed E-state index contributed by atoms with van der Waals surface area (Å²) >= 11 is 0. The number of aromatic nitrogens is 2. The first-order valence-corrected chi connectivity index (χ1v) is 8.23. The van der Waals surface area contributed by atoms with E-state index in [0.29, 0.717) is 38.0 Å². The van der Waals surface area contributed by atoms with Crippen molar-refractivity contribution in [2.45, 2.75) is 19.4 Å². The molecule has 2 aromatic rings. The maximum Gasteiger partial charge on any atom is 0.246 e. The molecule has 0 radical (unpaired) electrons. The Morgan fingerprint density at radius 1 is 1.29 bits per heavy atom. The van der Waals surface area contributed by atoms with Crippen molar-refractivity contribution in [1.29, 1.82) is 0 Å². The van der Waals surface area contributed by atoms with Crippen LogP contribution in [0.5, 0.6) is 0 Å². The van der Waals surface area contributed by atoms with E-state index < -0.39 is 0 Å². The number of hydrogen-bond donors (Lipinski definition) is 0. The van der Waals surface area contributed by atoms with Gasteiger partial charge >= 0.3 is 0 Å². The number of nitrogens with zero attached hydrogens (tertiary/aromatic N) is 4. The summed E-state index contributed by atoms with van der Waals surface area (Å²) in [5, 5.41) is 7.84. The molecule has 4 rings (SSSR count). The van der Waals surface area contributed by atoms with Crippen LogP contribution in [-0.2, 0) is 16.0 Å². The second-order valence-electron chi connectivity index (χ2n) is 6.16. The van der Waals surface area contributed by atoms with Gasteiger partial charge in [0.1, 0.15) is 0 Å². The average Bonchev–Trinajstić information content (AvgIpc) is 3.22. The molecule has 2 aliphatic heterocycles. The smallest absolute Gasteiger partial charge is 0.246 e. The number of morpholine rings is 1. The highest BCUT2D eigenvalue weighted by atomic mass is 16.5. The third kappa shape index (κ3) is 2.87. The molecule has 1 saturated heterocycles. The zero-order valence-electron chi connectivity index (χ0n) is 13.6. The van der Waals surface area contributed by atoms with Gasteiger partial charge in [0.15, 0.2) is 6.10 Å². The maximum atomic E-state index is 12.7. The minimum absolute atomic E-state index is 0.108. The minimum Gasteiger partial charge on any atom is -0.423 e. The number of rotatable bonds is 3. The van der Waals surface area contributed by atoms with Gasteiger partial charge in [0, 0.05) is 25.7 Å². The van der Waals surface area contributed by atoms with E-state index in [-0.39, 0.29) is 12.0 Å². The Kier molecular flexibility index (Phi) is 3.93. The summed E-state index contributed by atoms with van der Waals surface area (Å²) in [4.78, 5) is 16.7. The highest BCUT2D eigenvalue weighted by Gasteiger charge is 2.30. The van der Waals surface area contributed by atoms with E-state index in [2.05, 4.69) is 27.2 Å². The van der Waals surface area contributed by atoms with Crippen molar-refractivity contribution in [3.8, 4) is 0 Å². The topological polar surface area (TPSA) is 71.7 Å². The molecule has 0 aliphatic carbocycles. The zero-order chi connectivity index (χ0) is 16.5. The highest BCUT2D eigenvalue weighted by Crippen LogP contribution is 2.27. The number of ether oxygens (including phenoxy) is 1. The van der Waals surface area contributed by atoms with Crippen LogP contribution in [0.1, 0.15) is 23.4 Å². The van der Waals surface area contributed by atoms with Gasteiger partial charge in [0.2, 0.25) is 17.7 Å². The van der Waals surface area contributed by atoms with Gasteiger partial charge < -0.3 is 19.0 Å². The molecule has 0 saturated carbocycles. The van der Waals surface area contributed by atoms with Crippen molar-refractivity contribution in [2.24, 2.45) is 0 Å². The lowest BCUT2D eigenvalue weighted by Gasteiger charge is -2.32. The molecule has 3 heterocycles. The summed E-state index contributed by atoms with van der Waals surface area (Å²) in [5.41, 5.74) is 2.48.